The lowest BCUT2D eigenvalue weighted by atomic mass is 9.81. The van der Waals surface area contributed by atoms with Gasteiger partial charge in [0.2, 0.25) is 5.95 Å². The fraction of sp³-hybridized carbons (Fsp3) is 0.474. The van der Waals surface area contributed by atoms with Crippen LogP contribution in [0.4, 0.5) is 11.6 Å². The summed E-state index contributed by atoms with van der Waals surface area (Å²) in [5, 5.41) is 21.1. The number of rotatable bonds is 4. The Morgan fingerprint density at radius 3 is 2.82 bits per heavy atom. The third-order valence-corrected chi connectivity index (χ3v) is 5.60. The number of anilines is 2. The first-order chi connectivity index (χ1) is 13.8. The summed E-state index contributed by atoms with van der Waals surface area (Å²) in [5.74, 6) is 0.424. The van der Waals surface area contributed by atoms with Gasteiger partial charge in [-0.05, 0) is 32.6 Å². The van der Waals surface area contributed by atoms with Crippen LogP contribution >= 0.6 is 0 Å². The van der Waals surface area contributed by atoms with Crippen LogP contribution in [0.15, 0.2) is 29.9 Å². The Balaban J connectivity index is 1.57. The lowest BCUT2D eigenvalue weighted by Crippen LogP contribution is -2.31. The van der Waals surface area contributed by atoms with Crippen LogP contribution in [0.5, 0.6) is 0 Å². The van der Waals surface area contributed by atoms with E-state index in [1.54, 1.807) is 12.4 Å². The molecule has 2 aliphatic rings. The van der Waals surface area contributed by atoms with Crippen molar-refractivity contribution < 1.29 is 4.84 Å². The SMILES string of the molecule is CCn1ncc2c(Nc3nccnn3)c(C3=NOC4(CCCCC4)C3)cnc21. The van der Waals surface area contributed by atoms with Gasteiger partial charge in [0.1, 0.15) is 5.60 Å². The standard InChI is InChI=1S/C19H22N8O/c1-2-27-17-14(12-23-27)16(24-18-20-8-9-22-25-18)13(11-21-17)15-10-19(28-26-15)6-4-3-5-7-19/h8-9,11-12H,2-7,10H2,1H3,(H,20,21,24,25). The summed E-state index contributed by atoms with van der Waals surface area (Å²) in [4.78, 5) is 14.9. The van der Waals surface area contributed by atoms with Gasteiger partial charge in [-0.3, -0.25) is 0 Å². The molecule has 0 saturated heterocycles. The Bertz CT molecular complexity index is 1020. The molecule has 0 radical (unpaired) electrons. The molecule has 9 nitrogen and oxygen atoms in total. The number of aromatic nitrogens is 6. The van der Waals surface area contributed by atoms with Gasteiger partial charge in [0.25, 0.3) is 0 Å². The van der Waals surface area contributed by atoms with E-state index in [0.29, 0.717) is 5.95 Å². The highest BCUT2D eigenvalue weighted by Gasteiger charge is 2.41. The Kier molecular flexibility index (Phi) is 4.14. The number of oxime groups is 1. The molecule has 0 atom stereocenters. The number of hydrogen-bond acceptors (Lipinski definition) is 8. The van der Waals surface area contributed by atoms with Crippen molar-refractivity contribution in [2.45, 2.75) is 57.6 Å². The van der Waals surface area contributed by atoms with Gasteiger partial charge in [0, 0.05) is 24.7 Å². The van der Waals surface area contributed by atoms with Gasteiger partial charge in [-0.15, -0.1) is 5.10 Å². The first-order valence-corrected chi connectivity index (χ1v) is 9.79. The smallest absolute Gasteiger partial charge is 0.247 e. The zero-order valence-corrected chi connectivity index (χ0v) is 15.8. The van der Waals surface area contributed by atoms with E-state index in [-0.39, 0.29) is 5.60 Å². The average Bonchev–Trinajstić information content (AvgIpc) is 3.34. The Labute approximate surface area is 162 Å². The van der Waals surface area contributed by atoms with Crippen LogP contribution < -0.4 is 5.32 Å². The van der Waals surface area contributed by atoms with Crippen LogP contribution in [0, 0.1) is 0 Å². The van der Waals surface area contributed by atoms with Crippen molar-refractivity contribution in [1.29, 1.82) is 0 Å². The van der Waals surface area contributed by atoms with E-state index < -0.39 is 0 Å². The second-order valence-corrected chi connectivity index (χ2v) is 7.39. The van der Waals surface area contributed by atoms with Gasteiger partial charge in [-0.25, -0.2) is 14.6 Å². The van der Waals surface area contributed by atoms with Crippen LogP contribution in [0.1, 0.15) is 51.0 Å². The first kappa shape index (κ1) is 17.0. The summed E-state index contributed by atoms with van der Waals surface area (Å²) in [5.41, 5.74) is 3.31. The van der Waals surface area contributed by atoms with Crippen molar-refractivity contribution >= 4 is 28.4 Å². The fourth-order valence-corrected chi connectivity index (χ4v) is 4.16. The molecule has 1 N–H and O–H groups in total. The Morgan fingerprint density at radius 2 is 2.04 bits per heavy atom. The normalized spacial score (nSPS) is 18.2. The molecule has 0 unspecified atom stereocenters. The van der Waals surface area contributed by atoms with E-state index >= 15 is 0 Å². The number of hydrogen-bond donors (Lipinski definition) is 1. The number of fused-ring (bicyclic) bond motifs is 1. The van der Waals surface area contributed by atoms with Crippen molar-refractivity contribution in [2.75, 3.05) is 5.32 Å². The monoisotopic (exact) mass is 378 g/mol. The van der Waals surface area contributed by atoms with E-state index in [1.165, 1.54) is 19.3 Å². The maximum absolute atomic E-state index is 5.96. The summed E-state index contributed by atoms with van der Waals surface area (Å²) in [7, 11) is 0. The Hall–Kier alpha value is -3.10. The molecule has 1 saturated carbocycles. The minimum absolute atomic E-state index is 0.155. The maximum Gasteiger partial charge on any atom is 0.247 e. The highest BCUT2D eigenvalue weighted by atomic mass is 16.7. The third-order valence-electron chi connectivity index (χ3n) is 5.60. The fourth-order valence-electron chi connectivity index (χ4n) is 4.16. The topological polar surface area (TPSA) is 103 Å². The molecule has 1 aliphatic carbocycles. The van der Waals surface area contributed by atoms with Crippen LogP contribution in [-0.4, -0.2) is 41.3 Å². The minimum Gasteiger partial charge on any atom is -0.389 e. The maximum atomic E-state index is 5.96. The van der Waals surface area contributed by atoms with Crippen LogP contribution in [-0.2, 0) is 11.4 Å². The van der Waals surface area contributed by atoms with Gasteiger partial charge >= 0.3 is 0 Å². The summed E-state index contributed by atoms with van der Waals surface area (Å²) >= 11 is 0. The van der Waals surface area contributed by atoms with Crippen LogP contribution in [0.3, 0.4) is 0 Å². The highest BCUT2D eigenvalue weighted by Crippen LogP contribution is 2.41. The van der Waals surface area contributed by atoms with Crippen LogP contribution in [0.2, 0.25) is 0 Å². The van der Waals surface area contributed by atoms with Crippen molar-refractivity contribution in [1.82, 2.24) is 29.9 Å². The van der Waals surface area contributed by atoms with E-state index in [2.05, 4.69) is 35.7 Å². The molecule has 0 aromatic carbocycles. The molecule has 0 amide bonds. The largest absolute Gasteiger partial charge is 0.389 e. The zero-order chi connectivity index (χ0) is 19.0. The highest BCUT2D eigenvalue weighted by molar-refractivity contribution is 6.11. The van der Waals surface area contributed by atoms with Crippen molar-refractivity contribution in [2.24, 2.45) is 5.16 Å². The second-order valence-electron chi connectivity index (χ2n) is 7.39. The summed E-state index contributed by atoms with van der Waals surface area (Å²) in [6.45, 7) is 2.78. The summed E-state index contributed by atoms with van der Waals surface area (Å²) in [6.07, 6.45) is 13.4. The van der Waals surface area contributed by atoms with Gasteiger partial charge < -0.3 is 10.2 Å². The van der Waals surface area contributed by atoms with Gasteiger partial charge in [-0.2, -0.15) is 10.2 Å². The number of pyridine rings is 1. The Morgan fingerprint density at radius 1 is 1.14 bits per heavy atom. The molecule has 1 spiro atoms. The van der Waals surface area contributed by atoms with Crippen molar-refractivity contribution in [3.05, 3.63) is 30.4 Å². The average molecular weight is 378 g/mol. The van der Waals surface area contributed by atoms with E-state index in [0.717, 1.165) is 53.8 Å². The van der Waals surface area contributed by atoms with Gasteiger partial charge in [0.15, 0.2) is 5.65 Å². The molecule has 28 heavy (non-hydrogen) atoms. The van der Waals surface area contributed by atoms with Gasteiger partial charge in [-0.1, -0.05) is 11.6 Å². The first-order valence-electron chi connectivity index (χ1n) is 9.79. The summed E-state index contributed by atoms with van der Waals surface area (Å²) in [6, 6.07) is 0. The predicted molar refractivity (Wildman–Crippen MR) is 104 cm³/mol. The molecule has 3 aromatic heterocycles. The van der Waals surface area contributed by atoms with E-state index in [1.807, 2.05) is 24.0 Å². The lowest BCUT2D eigenvalue weighted by molar-refractivity contribution is -0.0449. The van der Waals surface area contributed by atoms with Crippen molar-refractivity contribution in [3.8, 4) is 0 Å². The molecule has 1 fully saturated rings. The molecule has 4 heterocycles. The molecular weight excluding hydrogens is 356 g/mol. The second kappa shape index (κ2) is 6.81. The van der Waals surface area contributed by atoms with Crippen molar-refractivity contribution in [3.63, 3.8) is 0 Å². The van der Waals surface area contributed by atoms with Gasteiger partial charge in [0.05, 0.1) is 35.4 Å². The number of aryl methyl sites for hydroxylation is 1. The molecule has 1 aliphatic heterocycles. The predicted octanol–water partition coefficient (Wildman–Crippen LogP) is 3.21. The molecule has 144 valence electrons. The third kappa shape index (κ3) is 2.87. The number of nitrogens with zero attached hydrogens (tertiary/aromatic N) is 7. The zero-order valence-electron chi connectivity index (χ0n) is 15.8. The van der Waals surface area contributed by atoms with Crippen LogP contribution in [0.25, 0.3) is 11.0 Å². The quantitative estimate of drug-likeness (QED) is 0.743. The number of nitrogens with one attached hydrogen (secondary N) is 1. The lowest BCUT2D eigenvalue weighted by Gasteiger charge is -2.30. The van der Waals surface area contributed by atoms with E-state index in [4.69, 9.17) is 4.84 Å². The molecule has 9 heteroatoms. The molecule has 3 aromatic rings. The van der Waals surface area contributed by atoms with E-state index in [9.17, 15) is 0 Å². The minimum atomic E-state index is -0.155. The molecular formula is C19H22N8O. The summed E-state index contributed by atoms with van der Waals surface area (Å²) < 4.78 is 1.87. The molecule has 5 rings (SSSR count). The molecule has 0 bridgehead atoms.